The van der Waals surface area contributed by atoms with E-state index in [1.54, 1.807) is 6.20 Å². The zero-order valence-electron chi connectivity index (χ0n) is 11.0. The summed E-state index contributed by atoms with van der Waals surface area (Å²) in [4.78, 5) is 4.16. The second-order valence-corrected chi connectivity index (χ2v) is 4.74. The Kier molecular flexibility index (Phi) is 2.80. The lowest BCUT2D eigenvalue weighted by Crippen LogP contribution is -2.14. The lowest BCUT2D eigenvalue weighted by atomic mass is 10.00. The van der Waals surface area contributed by atoms with Crippen molar-refractivity contribution >= 4 is 10.9 Å². The van der Waals surface area contributed by atoms with Gasteiger partial charge in [0.05, 0.1) is 17.3 Å². The number of benzene rings is 1. The minimum absolute atomic E-state index is 0.250. The molecule has 2 aromatic heterocycles. The highest BCUT2D eigenvalue weighted by Crippen LogP contribution is 2.27. The fourth-order valence-corrected chi connectivity index (χ4v) is 2.42. The Hall–Kier alpha value is -2.20. The zero-order chi connectivity index (χ0) is 13.4. The third-order valence-electron chi connectivity index (χ3n) is 3.50. The topological polar surface area (TPSA) is 56.7 Å². The summed E-state index contributed by atoms with van der Waals surface area (Å²) in [6.45, 7) is 2.04. The number of para-hydroxylation sites is 1. The molecular weight excluding hydrogens is 236 g/mol. The molecule has 2 heterocycles. The van der Waals surface area contributed by atoms with E-state index in [1.165, 1.54) is 0 Å². The fraction of sp³-hybridized carbons (Fsp3) is 0.200. The number of nitrogens with zero attached hydrogens (tertiary/aromatic N) is 3. The van der Waals surface area contributed by atoms with E-state index in [1.807, 2.05) is 43.0 Å². The summed E-state index contributed by atoms with van der Waals surface area (Å²) in [5.41, 5.74) is 10.5. The van der Waals surface area contributed by atoms with Crippen LogP contribution in [0.3, 0.4) is 0 Å². The monoisotopic (exact) mass is 252 g/mol. The van der Waals surface area contributed by atoms with E-state index in [0.29, 0.717) is 0 Å². The van der Waals surface area contributed by atoms with Crippen molar-refractivity contribution in [3.05, 3.63) is 59.5 Å². The normalized spacial score (nSPS) is 12.8. The van der Waals surface area contributed by atoms with E-state index in [4.69, 9.17) is 5.73 Å². The maximum absolute atomic E-state index is 6.38. The molecule has 4 heteroatoms. The first-order valence-corrected chi connectivity index (χ1v) is 6.26. The average molecular weight is 252 g/mol. The van der Waals surface area contributed by atoms with Crippen LogP contribution in [0.5, 0.6) is 0 Å². The summed E-state index contributed by atoms with van der Waals surface area (Å²) in [5.74, 6) is 0. The first kappa shape index (κ1) is 11.9. The molecule has 1 unspecified atom stereocenters. The molecule has 0 bridgehead atoms. The number of pyridine rings is 1. The lowest BCUT2D eigenvalue weighted by molar-refractivity contribution is 0.728. The van der Waals surface area contributed by atoms with Crippen molar-refractivity contribution < 1.29 is 0 Å². The number of fused-ring (bicyclic) bond motifs is 1. The van der Waals surface area contributed by atoms with Gasteiger partial charge in [-0.2, -0.15) is 5.10 Å². The van der Waals surface area contributed by atoms with Crippen LogP contribution in [-0.2, 0) is 7.05 Å². The number of nitrogens with two attached hydrogens (primary N) is 1. The largest absolute Gasteiger partial charge is 0.319 e. The molecule has 0 aliphatic rings. The molecule has 3 aromatic rings. The first-order valence-electron chi connectivity index (χ1n) is 6.26. The third kappa shape index (κ3) is 1.90. The average Bonchev–Trinajstić information content (AvgIpc) is 2.77. The van der Waals surface area contributed by atoms with Gasteiger partial charge in [-0.05, 0) is 30.2 Å². The molecule has 0 fully saturated rings. The van der Waals surface area contributed by atoms with E-state index >= 15 is 0 Å². The smallest absolute Gasteiger partial charge is 0.0916 e. The number of hydrogen-bond donors (Lipinski definition) is 1. The molecule has 0 aliphatic heterocycles. The SMILES string of the molecule is Cc1ccncc1C(N)c1nn(C)c2ccccc12. The van der Waals surface area contributed by atoms with Gasteiger partial charge in [0, 0.05) is 24.8 Å². The molecule has 0 saturated carbocycles. The zero-order valence-corrected chi connectivity index (χ0v) is 11.0. The number of hydrogen-bond acceptors (Lipinski definition) is 3. The van der Waals surface area contributed by atoms with Crippen molar-refractivity contribution in [1.82, 2.24) is 14.8 Å². The van der Waals surface area contributed by atoms with Gasteiger partial charge in [0.15, 0.2) is 0 Å². The van der Waals surface area contributed by atoms with Crippen LogP contribution < -0.4 is 5.73 Å². The molecule has 96 valence electrons. The van der Waals surface area contributed by atoms with Crippen molar-refractivity contribution in [2.45, 2.75) is 13.0 Å². The summed E-state index contributed by atoms with van der Waals surface area (Å²) < 4.78 is 1.87. The quantitative estimate of drug-likeness (QED) is 0.761. The summed E-state index contributed by atoms with van der Waals surface area (Å²) in [6, 6.07) is 9.85. The highest BCUT2D eigenvalue weighted by molar-refractivity contribution is 5.82. The van der Waals surface area contributed by atoms with Crippen LogP contribution in [-0.4, -0.2) is 14.8 Å². The van der Waals surface area contributed by atoms with Crippen LogP contribution in [0.2, 0.25) is 0 Å². The Bertz CT molecular complexity index is 730. The van der Waals surface area contributed by atoms with Crippen molar-refractivity contribution in [2.75, 3.05) is 0 Å². The first-order chi connectivity index (χ1) is 9.18. The van der Waals surface area contributed by atoms with Crippen LogP contribution in [0.4, 0.5) is 0 Å². The van der Waals surface area contributed by atoms with Crippen molar-refractivity contribution in [1.29, 1.82) is 0 Å². The highest BCUT2D eigenvalue weighted by Gasteiger charge is 2.18. The van der Waals surface area contributed by atoms with Crippen LogP contribution in [0, 0.1) is 6.92 Å². The summed E-state index contributed by atoms with van der Waals surface area (Å²) in [5, 5.41) is 5.67. The second kappa shape index (κ2) is 4.48. The van der Waals surface area contributed by atoms with E-state index < -0.39 is 0 Å². The van der Waals surface area contributed by atoms with Crippen LogP contribution in [0.25, 0.3) is 10.9 Å². The molecule has 0 saturated heterocycles. The predicted molar refractivity (Wildman–Crippen MR) is 75.7 cm³/mol. The van der Waals surface area contributed by atoms with Gasteiger partial charge < -0.3 is 5.73 Å². The molecule has 0 radical (unpaired) electrons. The number of aromatic nitrogens is 3. The van der Waals surface area contributed by atoms with E-state index in [9.17, 15) is 0 Å². The van der Waals surface area contributed by atoms with Crippen molar-refractivity contribution in [3.63, 3.8) is 0 Å². The lowest BCUT2D eigenvalue weighted by Gasteiger charge is -2.12. The number of aryl methyl sites for hydroxylation is 2. The van der Waals surface area contributed by atoms with Crippen molar-refractivity contribution in [3.8, 4) is 0 Å². The van der Waals surface area contributed by atoms with Gasteiger partial charge >= 0.3 is 0 Å². The summed E-state index contributed by atoms with van der Waals surface area (Å²) in [6.07, 6.45) is 3.60. The molecule has 4 nitrogen and oxygen atoms in total. The summed E-state index contributed by atoms with van der Waals surface area (Å²) in [7, 11) is 1.94. The molecule has 1 atom stereocenters. The Balaban J connectivity index is 2.17. The molecule has 0 amide bonds. The molecule has 19 heavy (non-hydrogen) atoms. The Labute approximate surface area is 111 Å². The maximum atomic E-state index is 6.38. The third-order valence-corrected chi connectivity index (χ3v) is 3.50. The van der Waals surface area contributed by atoms with Crippen LogP contribution >= 0.6 is 0 Å². The Morgan fingerprint density at radius 3 is 2.79 bits per heavy atom. The van der Waals surface area contributed by atoms with Gasteiger partial charge in [0.2, 0.25) is 0 Å². The van der Waals surface area contributed by atoms with Gasteiger partial charge in [-0.25, -0.2) is 0 Å². The van der Waals surface area contributed by atoms with Crippen LogP contribution in [0.15, 0.2) is 42.7 Å². The van der Waals surface area contributed by atoms with Gasteiger partial charge in [0.25, 0.3) is 0 Å². The molecular formula is C15H16N4. The van der Waals surface area contributed by atoms with Gasteiger partial charge in [-0.3, -0.25) is 9.67 Å². The molecule has 0 spiro atoms. The Morgan fingerprint density at radius 1 is 1.21 bits per heavy atom. The minimum Gasteiger partial charge on any atom is -0.319 e. The predicted octanol–water partition coefficient (Wildman–Crippen LogP) is 2.32. The standard InChI is InChI=1S/C15H16N4/c1-10-7-8-17-9-12(10)14(16)15-11-5-3-4-6-13(11)19(2)18-15/h3-9,14H,16H2,1-2H3. The van der Waals surface area contributed by atoms with E-state index in [-0.39, 0.29) is 6.04 Å². The minimum atomic E-state index is -0.250. The highest BCUT2D eigenvalue weighted by atomic mass is 15.3. The summed E-state index contributed by atoms with van der Waals surface area (Å²) >= 11 is 0. The van der Waals surface area contributed by atoms with Crippen molar-refractivity contribution in [2.24, 2.45) is 12.8 Å². The van der Waals surface area contributed by atoms with Gasteiger partial charge in [0.1, 0.15) is 0 Å². The molecule has 2 N–H and O–H groups in total. The Morgan fingerprint density at radius 2 is 2.00 bits per heavy atom. The van der Waals surface area contributed by atoms with Gasteiger partial charge in [-0.15, -0.1) is 0 Å². The van der Waals surface area contributed by atoms with E-state index in [0.717, 1.165) is 27.7 Å². The van der Waals surface area contributed by atoms with Crippen LogP contribution in [0.1, 0.15) is 22.9 Å². The maximum Gasteiger partial charge on any atom is 0.0916 e. The molecule has 0 aliphatic carbocycles. The molecule has 1 aromatic carbocycles. The fourth-order valence-electron chi connectivity index (χ4n) is 2.42. The molecule has 3 rings (SSSR count). The van der Waals surface area contributed by atoms with Gasteiger partial charge in [-0.1, -0.05) is 18.2 Å². The number of rotatable bonds is 2. The second-order valence-electron chi connectivity index (χ2n) is 4.74. The van der Waals surface area contributed by atoms with E-state index in [2.05, 4.69) is 22.2 Å².